The third-order valence-corrected chi connectivity index (χ3v) is 5.66. The molecule has 7 nitrogen and oxygen atoms in total. The van der Waals surface area contributed by atoms with Gasteiger partial charge in [-0.25, -0.2) is 12.8 Å². The van der Waals surface area contributed by atoms with Crippen LogP contribution in [0.3, 0.4) is 0 Å². The zero-order chi connectivity index (χ0) is 20.9. The Labute approximate surface area is 167 Å². The Morgan fingerprint density at radius 2 is 1.75 bits per heavy atom. The first kappa shape index (κ1) is 21.9. The minimum atomic E-state index is -4.02. The number of ether oxygens (including phenoxy) is 2. The molecule has 2 rings (SSSR count). The molecule has 0 aliphatic rings. The maximum atomic E-state index is 13.0. The number of carbonyl (C=O) groups excluding carboxylic acids is 1. The van der Waals surface area contributed by atoms with E-state index in [1.165, 1.54) is 26.4 Å². The van der Waals surface area contributed by atoms with E-state index in [1.54, 1.807) is 6.92 Å². The highest BCUT2D eigenvalue weighted by molar-refractivity contribution is 7.89. The van der Waals surface area contributed by atoms with Gasteiger partial charge in [-0.3, -0.25) is 4.79 Å². The second kappa shape index (κ2) is 9.22. The minimum Gasteiger partial charge on any atom is -0.495 e. The zero-order valence-electron chi connectivity index (χ0n) is 15.5. The summed E-state index contributed by atoms with van der Waals surface area (Å²) in [6.07, 6.45) is 0.180. The molecule has 0 aromatic heterocycles. The molecule has 0 heterocycles. The lowest BCUT2D eigenvalue weighted by atomic mass is 10.2. The lowest BCUT2D eigenvalue weighted by Gasteiger charge is -2.19. The van der Waals surface area contributed by atoms with E-state index in [2.05, 4.69) is 10.0 Å². The van der Waals surface area contributed by atoms with Gasteiger partial charge in [0, 0.05) is 12.1 Å². The van der Waals surface area contributed by atoms with Crippen LogP contribution in [0.15, 0.2) is 41.3 Å². The number of amides is 1. The highest BCUT2D eigenvalue weighted by Crippen LogP contribution is 2.36. The molecule has 0 saturated carbocycles. The Morgan fingerprint density at radius 1 is 1.14 bits per heavy atom. The van der Waals surface area contributed by atoms with Crippen molar-refractivity contribution < 1.29 is 27.1 Å². The number of sulfonamides is 1. The molecule has 0 aliphatic heterocycles. The number of methoxy groups -OCH3 is 2. The van der Waals surface area contributed by atoms with Crippen molar-refractivity contribution in [3.05, 3.63) is 47.2 Å². The van der Waals surface area contributed by atoms with Gasteiger partial charge in [-0.15, -0.1) is 0 Å². The quantitative estimate of drug-likeness (QED) is 0.670. The zero-order valence-corrected chi connectivity index (χ0v) is 17.0. The van der Waals surface area contributed by atoms with Crippen LogP contribution in [0.2, 0.25) is 5.02 Å². The van der Waals surface area contributed by atoms with Crippen LogP contribution in [0.1, 0.15) is 13.3 Å². The van der Waals surface area contributed by atoms with E-state index < -0.39 is 27.8 Å². The summed E-state index contributed by atoms with van der Waals surface area (Å²) < 4.78 is 50.6. The van der Waals surface area contributed by atoms with Crippen molar-refractivity contribution in [1.29, 1.82) is 0 Å². The molecule has 0 aliphatic carbocycles. The van der Waals surface area contributed by atoms with Crippen molar-refractivity contribution in [2.24, 2.45) is 0 Å². The molecule has 2 aromatic carbocycles. The number of hydrogen-bond acceptors (Lipinski definition) is 5. The van der Waals surface area contributed by atoms with E-state index >= 15 is 0 Å². The molecule has 1 atom stereocenters. The summed E-state index contributed by atoms with van der Waals surface area (Å²) in [6, 6.07) is 6.17. The molecule has 0 radical (unpaired) electrons. The first-order valence-electron chi connectivity index (χ1n) is 8.22. The SMILES string of the molecule is CCC(NS(=O)(=O)c1ccc(F)cc1)C(=O)Nc1cc(OC)c(Cl)cc1OC. The molecule has 1 amide bonds. The second-order valence-electron chi connectivity index (χ2n) is 5.71. The van der Waals surface area contributed by atoms with Gasteiger partial charge in [-0.1, -0.05) is 18.5 Å². The van der Waals surface area contributed by atoms with Crippen LogP contribution in [0.5, 0.6) is 11.5 Å². The first-order chi connectivity index (χ1) is 13.2. The van der Waals surface area contributed by atoms with Gasteiger partial charge in [0.2, 0.25) is 15.9 Å². The number of hydrogen-bond donors (Lipinski definition) is 2. The summed E-state index contributed by atoms with van der Waals surface area (Å²) in [5, 5.41) is 2.90. The summed E-state index contributed by atoms with van der Waals surface area (Å²) >= 11 is 6.04. The predicted molar refractivity (Wildman–Crippen MR) is 104 cm³/mol. The van der Waals surface area contributed by atoms with Crippen LogP contribution in [0.4, 0.5) is 10.1 Å². The Balaban J connectivity index is 2.23. The maximum absolute atomic E-state index is 13.0. The average Bonchev–Trinajstić information content (AvgIpc) is 2.67. The van der Waals surface area contributed by atoms with Crippen LogP contribution < -0.4 is 19.5 Å². The molecule has 2 N–H and O–H groups in total. The van der Waals surface area contributed by atoms with Crippen molar-refractivity contribution in [3.8, 4) is 11.5 Å². The van der Waals surface area contributed by atoms with Crippen molar-refractivity contribution >= 4 is 33.2 Å². The fourth-order valence-corrected chi connectivity index (χ4v) is 3.88. The number of benzene rings is 2. The topological polar surface area (TPSA) is 93.7 Å². The molecule has 28 heavy (non-hydrogen) atoms. The van der Waals surface area contributed by atoms with Crippen LogP contribution in [-0.2, 0) is 14.8 Å². The monoisotopic (exact) mass is 430 g/mol. The van der Waals surface area contributed by atoms with Crippen molar-refractivity contribution in [3.63, 3.8) is 0 Å². The molecule has 2 aromatic rings. The summed E-state index contributed by atoms with van der Waals surface area (Å²) in [7, 11) is -1.19. The van der Waals surface area contributed by atoms with E-state index in [0.717, 1.165) is 24.3 Å². The molecule has 0 bridgehead atoms. The maximum Gasteiger partial charge on any atom is 0.242 e. The standard InChI is InChI=1S/C18H20ClFN2O5S/c1-4-14(22-28(24,25)12-7-5-11(20)6-8-12)18(23)21-15-10-16(26-2)13(19)9-17(15)27-3/h5-10,14,22H,4H2,1-3H3,(H,21,23). The summed E-state index contributed by atoms with van der Waals surface area (Å²) in [6.45, 7) is 1.65. The van der Waals surface area contributed by atoms with Gasteiger partial charge in [0.05, 0.1) is 29.8 Å². The molecular formula is C18H20ClFN2O5S. The van der Waals surface area contributed by atoms with E-state index in [1.807, 2.05) is 0 Å². The number of nitrogens with one attached hydrogen (secondary N) is 2. The first-order valence-corrected chi connectivity index (χ1v) is 10.1. The van der Waals surface area contributed by atoms with Crippen molar-refractivity contribution in [2.45, 2.75) is 24.3 Å². The van der Waals surface area contributed by atoms with E-state index in [4.69, 9.17) is 21.1 Å². The normalized spacial score (nSPS) is 12.3. The van der Waals surface area contributed by atoms with Gasteiger partial charge in [0.1, 0.15) is 23.4 Å². The van der Waals surface area contributed by atoms with E-state index in [-0.39, 0.29) is 22.8 Å². The van der Waals surface area contributed by atoms with Crippen LogP contribution >= 0.6 is 11.6 Å². The van der Waals surface area contributed by atoms with Gasteiger partial charge in [0.15, 0.2) is 0 Å². The highest BCUT2D eigenvalue weighted by Gasteiger charge is 2.25. The van der Waals surface area contributed by atoms with Gasteiger partial charge >= 0.3 is 0 Å². The number of rotatable bonds is 8. The Morgan fingerprint density at radius 3 is 2.29 bits per heavy atom. The summed E-state index contributed by atoms with van der Waals surface area (Å²) in [4.78, 5) is 12.5. The number of halogens is 2. The predicted octanol–water partition coefficient (Wildman–Crippen LogP) is 3.19. The van der Waals surface area contributed by atoms with Crippen LogP contribution in [0.25, 0.3) is 0 Å². The van der Waals surface area contributed by atoms with Gasteiger partial charge < -0.3 is 14.8 Å². The van der Waals surface area contributed by atoms with Gasteiger partial charge in [0.25, 0.3) is 0 Å². The highest BCUT2D eigenvalue weighted by atomic mass is 35.5. The fourth-order valence-electron chi connectivity index (χ4n) is 2.37. The third-order valence-electron chi connectivity index (χ3n) is 3.88. The second-order valence-corrected chi connectivity index (χ2v) is 7.83. The Kier molecular flexibility index (Phi) is 7.22. The van der Waals surface area contributed by atoms with Crippen LogP contribution in [-0.4, -0.2) is 34.6 Å². The van der Waals surface area contributed by atoms with E-state index in [9.17, 15) is 17.6 Å². The minimum absolute atomic E-state index is 0.147. The lowest BCUT2D eigenvalue weighted by Crippen LogP contribution is -2.43. The molecule has 0 fully saturated rings. The van der Waals surface area contributed by atoms with Crippen molar-refractivity contribution in [2.75, 3.05) is 19.5 Å². The lowest BCUT2D eigenvalue weighted by molar-refractivity contribution is -0.117. The molecular weight excluding hydrogens is 411 g/mol. The fraction of sp³-hybridized carbons (Fsp3) is 0.278. The molecule has 10 heteroatoms. The molecule has 152 valence electrons. The molecule has 1 unspecified atom stereocenters. The van der Waals surface area contributed by atoms with E-state index in [0.29, 0.717) is 10.8 Å². The Bertz CT molecular complexity index is 951. The average molecular weight is 431 g/mol. The largest absolute Gasteiger partial charge is 0.495 e. The smallest absolute Gasteiger partial charge is 0.242 e. The van der Waals surface area contributed by atoms with Crippen molar-refractivity contribution in [1.82, 2.24) is 4.72 Å². The Hall–Kier alpha value is -2.36. The van der Waals surface area contributed by atoms with Gasteiger partial charge in [-0.2, -0.15) is 4.72 Å². The molecule has 0 saturated heterocycles. The van der Waals surface area contributed by atoms with Crippen LogP contribution in [0, 0.1) is 5.82 Å². The number of carbonyl (C=O) groups is 1. The molecule has 0 spiro atoms. The number of anilines is 1. The third kappa shape index (κ3) is 5.12. The summed E-state index contributed by atoms with van der Waals surface area (Å²) in [5.74, 6) is -0.559. The van der Waals surface area contributed by atoms with Gasteiger partial charge in [-0.05, 0) is 30.7 Å². The summed E-state index contributed by atoms with van der Waals surface area (Å²) in [5.41, 5.74) is 0.271.